The van der Waals surface area contributed by atoms with Crippen LogP contribution in [0.15, 0.2) is 45.5 Å². The summed E-state index contributed by atoms with van der Waals surface area (Å²) in [6, 6.07) is 9.03. The molecule has 0 unspecified atom stereocenters. The van der Waals surface area contributed by atoms with E-state index in [9.17, 15) is 5.11 Å². The summed E-state index contributed by atoms with van der Waals surface area (Å²) in [7, 11) is 0. The first-order valence-corrected chi connectivity index (χ1v) is 7.47. The summed E-state index contributed by atoms with van der Waals surface area (Å²) in [6.45, 7) is 8.11. The third-order valence-electron chi connectivity index (χ3n) is 3.32. The Morgan fingerprint density at radius 2 is 1.68 bits per heavy atom. The van der Waals surface area contributed by atoms with Crippen molar-refractivity contribution in [2.24, 2.45) is 10.2 Å². The monoisotopic (exact) mass is 315 g/mol. The number of phenols is 1. The van der Waals surface area contributed by atoms with E-state index in [-0.39, 0.29) is 11.2 Å². The highest BCUT2D eigenvalue weighted by atomic mass is 32.1. The fourth-order valence-electron chi connectivity index (χ4n) is 2.15. The van der Waals surface area contributed by atoms with E-state index >= 15 is 0 Å². The van der Waals surface area contributed by atoms with Gasteiger partial charge in [-0.1, -0.05) is 26.8 Å². The van der Waals surface area contributed by atoms with E-state index in [2.05, 4.69) is 22.9 Å². The number of nitrogens with two attached hydrogens (primary N) is 1. The van der Waals surface area contributed by atoms with Crippen molar-refractivity contribution in [1.82, 2.24) is 0 Å². The van der Waals surface area contributed by atoms with Gasteiger partial charge in [0.1, 0.15) is 17.1 Å². The summed E-state index contributed by atoms with van der Waals surface area (Å²) in [5.74, 6) is 0.159. The Hall–Kier alpha value is -2.01. The molecule has 5 heteroatoms. The van der Waals surface area contributed by atoms with Crippen molar-refractivity contribution in [3.05, 3.63) is 41.5 Å². The van der Waals surface area contributed by atoms with Gasteiger partial charge in [-0.05, 0) is 42.2 Å². The molecule has 0 saturated heterocycles. The molecule has 3 N–H and O–H groups in total. The Bertz CT molecular complexity index is 733. The molecule has 0 bridgehead atoms. The number of nitrogens with zero attached hydrogens (tertiary/aromatic N) is 2. The van der Waals surface area contributed by atoms with Crippen molar-refractivity contribution >= 4 is 29.7 Å². The van der Waals surface area contributed by atoms with Gasteiger partial charge in [0.25, 0.3) is 0 Å². The Labute approximate surface area is 136 Å². The minimum Gasteiger partial charge on any atom is -0.505 e. The van der Waals surface area contributed by atoms with Crippen LogP contribution in [0.1, 0.15) is 31.9 Å². The van der Waals surface area contributed by atoms with Crippen molar-refractivity contribution in [3.8, 4) is 5.75 Å². The number of aryl methyl sites for hydroxylation is 1. The second kappa shape index (κ2) is 6.01. The van der Waals surface area contributed by atoms with Gasteiger partial charge < -0.3 is 10.8 Å². The number of thiol groups is 1. The van der Waals surface area contributed by atoms with Crippen LogP contribution in [0.5, 0.6) is 5.75 Å². The molecule has 0 amide bonds. The van der Waals surface area contributed by atoms with Crippen LogP contribution in [-0.2, 0) is 5.41 Å². The molecule has 116 valence electrons. The molecule has 0 aliphatic heterocycles. The lowest BCUT2D eigenvalue weighted by Crippen LogP contribution is -2.11. The smallest absolute Gasteiger partial charge is 0.146 e. The summed E-state index contributed by atoms with van der Waals surface area (Å²) < 4.78 is 0. The van der Waals surface area contributed by atoms with Gasteiger partial charge >= 0.3 is 0 Å². The number of benzene rings is 2. The molecular weight excluding hydrogens is 294 g/mol. The molecule has 4 nitrogen and oxygen atoms in total. The topological polar surface area (TPSA) is 71.0 Å². The molecule has 0 atom stereocenters. The minimum absolute atomic E-state index is 0.159. The predicted octanol–water partition coefficient (Wildman–Crippen LogP) is 5.28. The summed E-state index contributed by atoms with van der Waals surface area (Å²) >= 11 is 4.22. The lowest BCUT2D eigenvalue weighted by molar-refractivity contribution is 0.447. The Balaban J connectivity index is 2.45. The summed E-state index contributed by atoms with van der Waals surface area (Å²) in [6.07, 6.45) is 0. The second-order valence-electron chi connectivity index (χ2n) is 6.37. The molecule has 0 radical (unpaired) electrons. The van der Waals surface area contributed by atoms with Crippen LogP contribution in [0.4, 0.5) is 17.1 Å². The zero-order chi connectivity index (χ0) is 16.5. The number of azo groups is 1. The first-order valence-electron chi connectivity index (χ1n) is 7.03. The molecule has 22 heavy (non-hydrogen) atoms. The van der Waals surface area contributed by atoms with Gasteiger partial charge in [0.2, 0.25) is 0 Å². The number of phenolic OH excluding ortho intramolecular Hbond substituents is 1. The quantitative estimate of drug-likeness (QED) is 0.400. The van der Waals surface area contributed by atoms with Crippen LogP contribution >= 0.6 is 12.6 Å². The second-order valence-corrected chi connectivity index (χ2v) is 6.89. The lowest BCUT2D eigenvalue weighted by atomic mass is 9.85. The van der Waals surface area contributed by atoms with Gasteiger partial charge in [0.05, 0.1) is 5.69 Å². The van der Waals surface area contributed by atoms with E-state index in [1.54, 1.807) is 24.3 Å². The summed E-state index contributed by atoms with van der Waals surface area (Å²) in [4.78, 5) is 0.768. The molecule has 2 aromatic rings. The van der Waals surface area contributed by atoms with E-state index in [0.29, 0.717) is 17.1 Å². The average molecular weight is 315 g/mol. The number of rotatable bonds is 2. The average Bonchev–Trinajstić information content (AvgIpc) is 2.39. The van der Waals surface area contributed by atoms with Gasteiger partial charge in [-0.25, -0.2) is 0 Å². The molecule has 0 aliphatic carbocycles. The third-order valence-corrected chi connectivity index (χ3v) is 3.60. The maximum atomic E-state index is 10.4. The summed E-state index contributed by atoms with van der Waals surface area (Å²) in [5.41, 5.74) is 9.08. The van der Waals surface area contributed by atoms with E-state index in [1.807, 2.05) is 33.8 Å². The van der Waals surface area contributed by atoms with Crippen molar-refractivity contribution in [1.29, 1.82) is 0 Å². The van der Waals surface area contributed by atoms with Gasteiger partial charge in [0.15, 0.2) is 0 Å². The van der Waals surface area contributed by atoms with E-state index in [4.69, 9.17) is 5.73 Å². The zero-order valence-electron chi connectivity index (χ0n) is 13.3. The molecule has 2 rings (SSSR count). The van der Waals surface area contributed by atoms with Gasteiger partial charge in [-0.3, -0.25) is 0 Å². The number of hydrogen-bond acceptors (Lipinski definition) is 5. The largest absolute Gasteiger partial charge is 0.505 e. The van der Waals surface area contributed by atoms with Crippen molar-refractivity contribution in [2.75, 3.05) is 5.73 Å². The fourth-order valence-corrected chi connectivity index (χ4v) is 2.36. The molecular formula is C17H21N3OS. The Kier molecular flexibility index (Phi) is 4.47. The standard InChI is InChI=1S/C17H21N3OS/c1-10-7-12(17(2,3)4)16(21)15(8-10)20-19-14-6-5-11(22)9-13(14)18/h5-9,21-22H,18H2,1-4H3. The van der Waals surface area contributed by atoms with Crippen molar-refractivity contribution < 1.29 is 5.11 Å². The molecule has 0 spiro atoms. The van der Waals surface area contributed by atoms with E-state index in [1.165, 1.54) is 0 Å². The van der Waals surface area contributed by atoms with Crippen molar-refractivity contribution in [3.63, 3.8) is 0 Å². The lowest BCUT2D eigenvalue weighted by Gasteiger charge is -2.21. The van der Waals surface area contributed by atoms with Gasteiger partial charge in [-0.2, -0.15) is 0 Å². The van der Waals surface area contributed by atoms with Gasteiger partial charge in [0, 0.05) is 10.5 Å². The maximum absolute atomic E-state index is 10.4. The van der Waals surface area contributed by atoms with Crippen LogP contribution in [0, 0.1) is 6.92 Å². The SMILES string of the molecule is Cc1cc(N=Nc2ccc(S)cc2N)c(O)c(C(C)(C)C)c1. The predicted molar refractivity (Wildman–Crippen MR) is 93.8 cm³/mol. The van der Waals surface area contributed by atoms with Crippen LogP contribution in [0.2, 0.25) is 0 Å². The molecule has 2 aromatic carbocycles. The third kappa shape index (κ3) is 3.60. The van der Waals surface area contributed by atoms with Crippen LogP contribution in [-0.4, -0.2) is 5.11 Å². The molecule has 0 heterocycles. The number of hydrogen-bond donors (Lipinski definition) is 3. The minimum atomic E-state index is -0.174. The first-order chi connectivity index (χ1) is 10.2. The van der Waals surface area contributed by atoms with E-state index < -0.39 is 0 Å². The van der Waals surface area contributed by atoms with Crippen LogP contribution in [0.3, 0.4) is 0 Å². The van der Waals surface area contributed by atoms with Crippen LogP contribution < -0.4 is 5.73 Å². The molecule has 0 aliphatic rings. The molecule has 0 saturated carbocycles. The maximum Gasteiger partial charge on any atom is 0.146 e. The molecule has 0 fully saturated rings. The highest BCUT2D eigenvalue weighted by molar-refractivity contribution is 7.80. The zero-order valence-corrected chi connectivity index (χ0v) is 14.1. The summed E-state index contributed by atoms with van der Waals surface area (Å²) in [5, 5.41) is 18.8. The first kappa shape index (κ1) is 16.4. The Morgan fingerprint density at radius 1 is 1.05 bits per heavy atom. The Morgan fingerprint density at radius 3 is 2.27 bits per heavy atom. The number of aromatic hydroxyl groups is 1. The van der Waals surface area contributed by atoms with Crippen LogP contribution in [0.25, 0.3) is 0 Å². The van der Waals surface area contributed by atoms with Gasteiger partial charge in [-0.15, -0.1) is 22.9 Å². The highest BCUT2D eigenvalue weighted by Crippen LogP contribution is 2.39. The highest BCUT2D eigenvalue weighted by Gasteiger charge is 2.20. The number of anilines is 1. The van der Waals surface area contributed by atoms with E-state index in [0.717, 1.165) is 16.0 Å². The number of nitrogen functional groups attached to an aromatic ring is 1. The normalized spacial score (nSPS) is 12.0. The van der Waals surface area contributed by atoms with Crippen molar-refractivity contribution in [2.45, 2.75) is 38.0 Å². The fraction of sp³-hybridized carbons (Fsp3) is 0.294. The molecule has 0 aromatic heterocycles.